The van der Waals surface area contributed by atoms with Gasteiger partial charge in [0, 0.05) is 11.3 Å². The van der Waals surface area contributed by atoms with Crippen LogP contribution in [0.25, 0.3) is 5.76 Å². The number of aliphatic hydroxyl groups excluding tert-OH is 1. The van der Waals surface area contributed by atoms with Crippen LogP contribution in [-0.2, 0) is 4.79 Å². The van der Waals surface area contributed by atoms with Crippen LogP contribution < -0.4 is 5.32 Å². The molecular weight excluding hydrogens is 336 g/mol. The van der Waals surface area contributed by atoms with E-state index < -0.39 is 5.91 Å². The second-order valence-electron chi connectivity index (χ2n) is 5.94. The molecule has 27 heavy (non-hydrogen) atoms. The largest absolute Gasteiger partial charge is 0.506 e. The minimum absolute atomic E-state index is 0.110. The maximum atomic E-state index is 12.9. The van der Waals surface area contributed by atoms with Crippen LogP contribution in [0.3, 0.4) is 0 Å². The van der Waals surface area contributed by atoms with Crippen LogP contribution in [0, 0.1) is 0 Å². The highest BCUT2D eigenvalue weighted by Gasteiger charge is 2.20. The molecule has 0 saturated carbocycles. The van der Waals surface area contributed by atoms with E-state index in [1.165, 1.54) is 0 Å². The Labute approximate surface area is 158 Å². The molecule has 3 rings (SSSR count). The molecule has 0 aliphatic rings. The number of carbonyl (C=O) groups is 1. The van der Waals surface area contributed by atoms with E-state index in [9.17, 15) is 9.90 Å². The molecule has 134 valence electrons. The zero-order chi connectivity index (χ0) is 19.1. The molecule has 2 N–H and O–H groups in total. The van der Waals surface area contributed by atoms with Gasteiger partial charge in [-0.3, -0.25) is 9.79 Å². The van der Waals surface area contributed by atoms with Gasteiger partial charge < -0.3 is 10.4 Å². The average molecular weight is 356 g/mol. The van der Waals surface area contributed by atoms with E-state index in [4.69, 9.17) is 0 Å². The highest BCUT2D eigenvalue weighted by Crippen LogP contribution is 2.21. The van der Waals surface area contributed by atoms with Crippen molar-refractivity contribution >= 4 is 28.8 Å². The monoisotopic (exact) mass is 356 g/mol. The topological polar surface area (TPSA) is 61.7 Å². The van der Waals surface area contributed by atoms with Gasteiger partial charge in [-0.25, -0.2) is 0 Å². The van der Waals surface area contributed by atoms with E-state index in [1.54, 1.807) is 31.2 Å². The average Bonchev–Trinajstić information content (AvgIpc) is 2.70. The molecule has 4 nitrogen and oxygen atoms in total. The maximum absolute atomic E-state index is 12.9. The molecule has 0 bridgehead atoms. The van der Waals surface area contributed by atoms with Gasteiger partial charge in [-0.15, -0.1) is 0 Å². The van der Waals surface area contributed by atoms with E-state index in [0.717, 1.165) is 0 Å². The summed E-state index contributed by atoms with van der Waals surface area (Å²) in [6.07, 6.45) is 0. The summed E-state index contributed by atoms with van der Waals surface area (Å²) in [4.78, 5) is 17.5. The summed E-state index contributed by atoms with van der Waals surface area (Å²) in [6, 6.07) is 27.4. The summed E-state index contributed by atoms with van der Waals surface area (Å²) in [5.74, 6) is -0.527. The van der Waals surface area contributed by atoms with Crippen molar-refractivity contribution in [3.63, 3.8) is 0 Å². The van der Waals surface area contributed by atoms with Crippen molar-refractivity contribution < 1.29 is 9.90 Å². The van der Waals surface area contributed by atoms with Gasteiger partial charge in [-0.05, 0) is 31.2 Å². The maximum Gasteiger partial charge on any atom is 0.261 e. The smallest absolute Gasteiger partial charge is 0.261 e. The van der Waals surface area contributed by atoms with E-state index in [2.05, 4.69) is 10.3 Å². The SMILES string of the molecule is CC(=Nc1ccccc1)C(C(=O)Nc1ccccc1)=C(O)c1ccccc1. The summed E-state index contributed by atoms with van der Waals surface area (Å²) in [5, 5.41) is 13.6. The summed E-state index contributed by atoms with van der Waals surface area (Å²) < 4.78 is 0. The van der Waals surface area contributed by atoms with E-state index in [-0.39, 0.29) is 11.3 Å². The molecule has 0 unspecified atom stereocenters. The Bertz CT molecular complexity index is 963. The lowest BCUT2D eigenvalue weighted by Gasteiger charge is -2.12. The van der Waals surface area contributed by atoms with E-state index in [1.807, 2.05) is 66.7 Å². The van der Waals surface area contributed by atoms with Crippen LogP contribution in [0.15, 0.2) is 102 Å². The normalized spacial score (nSPS) is 12.3. The highest BCUT2D eigenvalue weighted by atomic mass is 16.3. The van der Waals surface area contributed by atoms with Crippen LogP contribution in [-0.4, -0.2) is 16.7 Å². The minimum atomic E-state index is -0.417. The van der Waals surface area contributed by atoms with Crippen LogP contribution in [0.2, 0.25) is 0 Å². The first-order valence-corrected chi connectivity index (χ1v) is 8.61. The summed E-state index contributed by atoms with van der Waals surface area (Å²) in [7, 11) is 0. The van der Waals surface area contributed by atoms with Crippen LogP contribution in [0.4, 0.5) is 11.4 Å². The van der Waals surface area contributed by atoms with Gasteiger partial charge in [0.1, 0.15) is 11.3 Å². The lowest BCUT2D eigenvalue weighted by Crippen LogP contribution is -2.21. The number of amides is 1. The Kier molecular flexibility index (Phi) is 5.80. The predicted molar refractivity (Wildman–Crippen MR) is 110 cm³/mol. The van der Waals surface area contributed by atoms with Gasteiger partial charge in [0.25, 0.3) is 5.91 Å². The van der Waals surface area contributed by atoms with Crippen LogP contribution in [0.1, 0.15) is 12.5 Å². The molecule has 1 amide bonds. The van der Waals surface area contributed by atoms with Crippen LogP contribution >= 0.6 is 0 Å². The van der Waals surface area contributed by atoms with Crippen molar-refractivity contribution in [1.82, 2.24) is 0 Å². The van der Waals surface area contributed by atoms with Crippen molar-refractivity contribution in [2.75, 3.05) is 5.32 Å². The van der Waals surface area contributed by atoms with Crippen molar-refractivity contribution in [1.29, 1.82) is 0 Å². The Morgan fingerprint density at radius 2 is 1.33 bits per heavy atom. The van der Waals surface area contributed by atoms with Crippen molar-refractivity contribution in [3.05, 3.63) is 102 Å². The molecule has 3 aromatic rings. The quantitative estimate of drug-likeness (QED) is 0.366. The van der Waals surface area contributed by atoms with Crippen molar-refractivity contribution in [3.8, 4) is 0 Å². The lowest BCUT2D eigenvalue weighted by atomic mass is 10.0. The Hall–Kier alpha value is -3.66. The van der Waals surface area contributed by atoms with E-state index in [0.29, 0.717) is 22.6 Å². The Morgan fingerprint density at radius 3 is 1.93 bits per heavy atom. The second kappa shape index (κ2) is 8.63. The van der Waals surface area contributed by atoms with Crippen molar-refractivity contribution in [2.24, 2.45) is 4.99 Å². The van der Waals surface area contributed by atoms with Gasteiger partial charge in [0.2, 0.25) is 0 Å². The summed E-state index contributed by atoms with van der Waals surface area (Å²) in [5.41, 5.74) is 2.47. The molecular formula is C23H20N2O2. The summed E-state index contributed by atoms with van der Waals surface area (Å²) >= 11 is 0. The molecule has 0 heterocycles. The molecule has 3 aromatic carbocycles. The third-order valence-corrected chi connectivity index (χ3v) is 3.96. The predicted octanol–water partition coefficient (Wildman–Crippen LogP) is 5.39. The molecule has 0 atom stereocenters. The third-order valence-electron chi connectivity index (χ3n) is 3.96. The molecule has 0 aromatic heterocycles. The molecule has 4 heteroatoms. The van der Waals surface area contributed by atoms with Gasteiger partial charge in [0.05, 0.1) is 11.4 Å². The minimum Gasteiger partial charge on any atom is -0.506 e. The Balaban J connectivity index is 2.03. The second-order valence-corrected chi connectivity index (χ2v) is 5.94. The van der Waals surface area contributed by atoms with E-state index >= 15 is 0 Å². The number of carbonyl (C=O) groups excluding carboxylic acids is 1. The first-order valence-electron chi connectivity index (χ1n) is 8.61. The fraction of sp³-hybridized carbons (Fsp3) is 0.0435. The van der Waals surface area contributed by atoms with Crippen LogP contribution in [0.5, 0.6) is 0 Å². The number of benzene rings is 3. The lowest BCUT2D eigenvalue weighted by molar-refractivity contribution is -0.112. The zero-order valence-electron chi connectivity index (χ0n) is 15.0. The highest BCUT2D eigenvalue weighted by molar-refractivity contribution is 6.28. The zero-order valence-corrected chi connectivity index (χ0v) is 15.0. The number of nitrogens with zero attached hydrogens (tertiary/aromatic N) is 1. The summed E-state index contributed by atoms with van der Waals surface area (Å²) in [6.45, 7) is 1.71. The molecule has 0 aliphatic carbocycles. The molecule has 0 aliphatic heterocycles. The molecule has 0 saturated heterocycles. The number of anilines is 1. The van der Waals surface area contributed by atoms with Gasteiger partial charge in [-0.1, -0.05) is 66.7 Å². The molecule has 0 spiro atoms. The molecule has 0 radical (unpaired) electrons. The van der Waals surface area contributed by atoms with Gasteiger partial charge >= 0.3 is 0 Å². The third kappa shape index (κ3) is 4.70. The first kappa shape index (κ1) is 18.1. The number of nitrogens with one attached hydrogen (secondary N) is 1. The first-order chi connectivity index (χ1) is 13.1. The number of hydrogen-bond acceptors (Lipinski definition) is 3. The number of aliphatic hydroxyl groups is 1. The number of rotatable bonds is 5. The fourth-order valence-corrected chi connectivity index (χ4v) is 2.65. The molecule has 0 fully saturated rings. The standard InChI is InChI=1S/C23H20N2O2/c1-17(24-19-13-7-3-8-14-19)21(22(26)18-11-5-2-6-12-18)23(27)25-20-15-9-4-10-16-20/h2-16,26H,1H3,(H,25,27). The van der Waals surface area contributed by atoms with Gasteiger partial charge in [0.15, 0.2) is 0 Å². The number of aliphatic imine (C=N–C) groups is 1. The van der Waals surface area contributed by atoms with Crippen molar-refractivity contribution in [2.45, 2.75) is 6.92 Å². The van der Waals surface area contributed by atoms with Gasteiger partial charge in [-0.2, -0.15) is 0 Å². The Morgan fingerprint density at radius 1 is 0.815 bits per heavy atom. The number of hydrogen-bond donors (Lipinski definition) is 2. The fourth-order valence-electron chi connectivity index (χ4n) is 2.65. The number of para-hydroxylation sites is 2.